The second-order valence-electron chi connectivity index (χ2n) is 5.71. The van der Waals surface area contributed by atoms with E-state index in [0.29, 0.717) is 17.8 Å². The molecule has 0 bridgehead atoms. The molecule has 1 fully saturated rings. The van der Waals surface area contributed by atoms with Gasteiger partial charge in [-0.05, 0) is 37.0 Å². The fourth-order valence-electron chi connectivity index (χ4n) is 3.26. The Hall–Kier alpha value is -1.36. The third-order valence-electron chi connectivity index (χ3n) is 4.40. The summed E-state index contributed by atoms with van der Waals surface area (Å²) in [5.41, 5.74) is 1.92. The summed E-state index contributed by atoms with van der Waals surface area (Å²) < 4.78 is 8.24. The SMILES string of the molecule is COc1ccc2[nH]c(=S)n(C3CCCCCC3C)c2n1. The van der Waals surface area contributed by atoms with Gasteiger partial charge in [0.15, 0.2) is 10.4 Å². The molecule has 0 spiro atoms. The topological polar surface area (TPSA) is 42.8 Å². The second kappa shape index (κ2) is 5.56. The largest absolute Gasteiger partial charge is 0.481 e. The fraction of sp³-hybridized carbons (Fsp3) is 0.600. The van der Waals surface area contributed by atoms with Crippen LogP contribution < -0.4 is 4.74 Å². The Labute approximate surface area is 124 Å². The monoisotopic (exact) mass is 291 g/mol. The number of fused-ring (bicyclic) bond motifs is 1. The molecule has 108 valence electrons. The molecule has 0 amide bonds. The molecule has 4 nitrogen and oxygen atoms in total. The van der Waals surface area contributed by atoms with Gasteiger partial charge in [0.05, 0.1) is 12.6 Å². The van der Waals surface area contributed by atoms with Gasteiger partial charge in [-0.25, -0.2) is 0 Å². The van der Waals surface area contributed by atoms with Gasteiger partial charge in [-0.15, -0.1) is 0 Å². The van der Waals surface area contributed by atoms with Gasteiger partial charge in [0.1, 0.15) is 0 Å². The van der Waals surface area contributed by atoms with Crippen molar-refractivity contribution in [3.05, 3.63) is 16.9 Å². The van der Waals surface area contributed by atoms with E-state index >= 15 is 0 Å². The van der Waals surface area contributed by atoms with Crippen molar-refractivity contribution < 1.29 is 4.74 Å². The van der Waals surface area contributed by atoms with Crippen molar-refractivity contribution in [2.24, 2.45) is 5.92 Å². The maximum atomic E-state index is 5.54. The zero-order valence-corrected chi connectivity index (χ0v) is 12.9. The molecule has 3 rings (SSSR count). The molecule has 5 heteroatoms. The molecule has 20 heavy (non-hydrogen) atoms. The highest BCUT2D eigenvalue weighted by Crippen LogP contribution is 2.34. The minimum absolute atomic E-state index is 0.443. The van der Waals surface area contributed by atoms with E-state index in [4.69, 9.17) is 17.0 Å². The number of ether oxygens (including phenoxy) is 1. The fourth-order valence-corrected chi connectivity index (χ4v) is 3.59. The number of imidazole rings is 1. The smallest absolute Gasteiger partial charge is 0.215 e. The van der Waals surface area contributed by atoms with Crippen molar-refractivity contribution in [3.8, 4) is 5.88 Å². The average molecular weight is 291 g/mol. The lowest BCUT2D eigenvalue weighted by Gasteiger charge is -2.23. The minimum Gasteiger partial charge on any atom is -0.481 e. The summed E-state index contributed by atoms with van der Waals surface area (Å²) >= 11 is 5.54. The lowest BCUT2D eigenvalue weighted by Crippen LogP contribution is -2.16. The van der Waals surface area contributed by atoms with Crippen molar-refractivity contribution >= 4 is 23.4 Å². The van der Waals surface area contributed by atoms with Gasteiger partial charge in [0.2, 0.25) is 5.88 Å². The van der Waals surface area contributed by atoms with E-state index < -0.39 is 0 Å². The van der Waals surface area contributed by atoms with E-state index in [1.807, 2.05) is 12.1 Å². The van der Waals surface area contributed by atoms with E-state index in [-0.39, 0.29) is 0 Å². The maximum Gasteiger partial charge on any atom is 0.215 e. The Balaban J connectivity index is 2.13. The Morgan fingerprint density at radius 3 is 2.90 bits per heavy atom. The quantitative estimate of drug-likeness (QED) is 0.664. The Bertz CT molecular complexity index is 661. The molecule has 0 saturated heterocycles. The number of aromatic nitrogens is 3. The highest BCUT2D eigenvalue weighted by atomic mass is 32.1. The van der Waals surface area contributed by atoms with Crippen molar-refractivity contribution in [1.82, 2.24) is 14.5 Å². The van der Waals surface area contributed by atoms with Crippen LogP contribution in [-0.2, 0) is 0 Å². The van der Waals surface area contributed by atoms with Crippen LogP contribution in [-0.4, -0.2) is 21.6 Å². The maximum absolute atomic E-state index is 5.54. The first kappa shape index (κ1) is 13.6. The Kier molecular flexibility index (Phi) is 3.78. The standard InChI is InChI=1S/C15H21N3OS/c1-10-6-4-3-5-7-12(10)18-14-11(16-15(18)20)8-9-13(17-14)19-2/h8-10,12H,3-7H2,1-2H3,(H,16,20). The first-order valence-electron chi connectivity index (χ1n) is 7.36. The van der Waals surface area contributed by atoms with Crippen LogP contribution in [0.4, 0.5) is 0 Å². The van der Waals surface area contributed by atoms with Crippen molar-refractivity contribution in [2.45, 2.75) is 45.1 Å². The summed E-state index contributed by atoms with van der Waals surface area (Å²) in [6.07, 6.45) is 6.37. The van der Waals surface area contributed by atoms with E-state index in [1.165, 1.54) is 32.1 Å². The molecule has 0 aliphatic heterocycles. The summed E-state index contributed by atoms with van der Waals surface area (Å²) in [6.45, 7) is 2.33. The van der Waals surface area contributed by atoms with E-state index in [2.05, 4.69) is 21.5 Å². The number of pyridine rings is 1. The molecule has 2 aromatic rings. The Morgan fingerprint density at radius 2 is 2.10 bits per heavy atom. The molecule has 1 saturated carbocycles. The first-order valence-corrected chi connectivity index (χ1v) is 7.77. The molecule has 1 N–H and O–H groups in total. The lowest BCUT2D eigenvalue weighted by atomic mass is 9.97. The van der Waals surface area contributed by atoms with Crippen LogP contribution in [0.2, 0.25) is 0 Å². The van der Waals surface area contributed by atoms with E-state index in [9.17, 15) is 0 Å². The minimum atomic E-state index is 0.443. The van der Waals surface area contributed by atoms with Crippen LogP contribution >= 0.6 is 12.2 Å². The molecule has 1 aliphatic carbocycles. The van der Waals surface area contributed by atoms with Gasteiger partial charge in [-0.3, -0.25) is 4.57 Å². The summed E-state index contributed by atoms with van der Waals surface area (Å²) in [5, 5.41) is 0. The molecular weight excluding hydrogens is 270 g/mol. The molecule has 2 atom stereocenters. The summed E-state index contributed by atoms with van der Waals surface area (Å²) in [7, 11) is 1.65. The van der Waals surface area contributed by atoms with Crippen LogP contribution in [0.25, 0.3) is 11.2 Å². The highest BCUT2D eigenvalue weighted by Gasteiger charge is 2.24. The van der Waals surface area contributed by atoms with Crippen LogP contribution in [0.3, 0.4) is 0 Å². The summed E-state index contributed by atoms with van der Waals surface area (Å²) in [5.74, 6) is 1.28. The molecule has 2 heterocycles. The first-order chi connectivity index (χ1) is 9.70. The van der Waals surface area contributed by atoms with Gasteiger partial charge >= 0.3 is 0 Å². The van der Waals surface area contributed by atoms with Crippen LogP contribution in [0.15, 0.2) is 12.1 Å². The number of aromatic amines is 1. The predicted octanol–water partition coefficient (Wildman–Crippen LogP) is 4.24. The molecule has 1 aliphatic rings. The zero-order valence-electron chi connectivity index (χ0n) is 12.1. The Morgan fingerprint density at radius 1 is 1.30 bits per heavy atom. The molecule has 2 aromatic heterocycles. The van der Waals surface area contributed by atoms with Crippen molar-refractivity contribution in [2.75, 3.05) is 7.11 Å². The van der Waals surface area contributed by atoms with Crippen LogP contribution in [0.5, 0.6) is 5.88 Å². The lowest BCUT2D eigenvalue weighted by molar-refractivity contribution is 0.335. The third-order valence-corrected chi connectivity index (χ3v) is 4.69. The van der Waals surface area contributed by atoms with Crippen molar-refractivity contribution in [1.29, 1.82) is 0 Å². The van der Waals surface area contributed by atoms with Crippen LogP contribution in [0.1, 0.15) is 45.1 Å². The molecule has 0 radical (unpaired) electrons. The number of rotatable bonds is 2. The van der Waals surface area contributed by atoms with Gasteiger partial charge in [0.25, 0.3) is 0 Å². The predicted molar refractivity (Wildman–Crippen MR) is 82.8 cm³/mol. The number of H-pyrrole nitrogens is 1. The number of nitrogens with one attached hydrogen (secondary N) is 1. The second-order valence-corrected chi connectivity index (χ2v) is 6.09. The number of nitrogens with zero attached hydrogens (tertiary/aromatic N) is 2. The van der Waals surface area contributed by atoms with Gasteiger partial charge in [-0.2, -0.15) is 4.98 Å². The average Bonchev–Trinajstić information content (AvgIpc) is 2.62. The number of hydrogen-bond acceptors (Lipinski definition) is 3. The summed E-state index contributed by atoms with van der Waals surface area (Å²) in [6, 6.07) is 4.31. The summed E-state index contributed by atoms with van der Waals surface area (Å²) in [4.78, 5) is 7.87. The normalized spacial score (nSPS) is 23.7. The number of methoxy groups -OCH3 is 1. The number of hydrogen-bond donors (Lipinski definition) is 1. The highest BCUT2D eigenvalue weighted by molar-refractivity contribution is 7.71. The van der Waals surface area contributed by atoms with Crippen molar-refractivity contribution in [3.63, 3.8) is 0 Å². The zero-order chi connectivity index (χ0) is 14.1. The van der Waals surface area contributed by atoms with Crippen LogP contribution in [0, 0.1) is 10.7 Å². The van der Waals surface area contributed by atoms with Gasteiger partial charge < -0.3 is 9.72 Å². The van der Waals surface area contributed by atoms with Gasteiger partial charge in [-0.1, -0.05) is 26.2 Å². The van der Waals surface area contributed by atoms with E-state index in [1.54, 1.807) is 7.11 Å². The third kappa shape index (κ3) is 2.35. The molecule has 0 aromatic carbocycles. The van der Waals surface area contributed by atoms with Gasteiger partial charge in [0, 0.05) is 12.1 Å². The van der Waals surface area contributed by atoms with E-state index in [0.717, 1.165) is 15.9 Å². The molecule has 2 unspecified atom stereocenters. The molecular formula is C15H21N3OS.